The van der Waals surface area contributed by atoms with Crippen LogP contribution in [0.1, 0.15) is 160 Å². The van der Waals surface area contributed by atoms with Crippen molar-refractivity contribution in [3.8, 4) is 31.3 Å². The van der Waals surface area contributed by atoms with Gasteiger partial charge in [-0.25, -0.2) is 15.0 Å². The quantitative estimate of drug-likeness (QED) is 0.00894. The molecule has 8 N–H and O–H groups in total. The Morgan fingerprint density at radius 3 is 0.928 bits per heavy atom. The molecule has 9 rings (SSSR count). The molecule has 0 unspecified atom stereocenters. The SMILES string of the molecule is Cc1ncsc1-c1ccc(CCC(=O)[C@@H]2C[C@@H](O)CN2C(=O)[C@@H](CC(=O)CCOCCOCCOCCOCCOCCN)C(C)(C)C)cc1.Cc1ncsc1-c1ccc(CCC(=O)[C@@H]2C[C@@H](O)CN2C(=O)[C@@H](CC(=O)CCOCCOCCOCCOCCOCCN=[N+]=[N-])C(C)(C)C)cc1.Cc1ncsc1-c1ccc(CCC(=O)[C@@H]2C[C@@H](O)CN2C(=O)[C@@H](N)C(C)(C)C)cc1.[N-]=[N+]=NCC(=O)O. The molecule has 0 saturated carbocycles. The van der Waals surface area contributed by atoms with Gasteiger partial charge in [0.2, 0.25) is 17.7 Å². The average Bonchev–Trinajstić information content (AvgIpc) is 1.58. The minimum Gasteiger partial charge on any atom is -0.481 e. The third kappa shape index (κ3) is 43.7. The fraction of sp³-hybridized carbons (Fsp3) is 0.636. The van der Waals surface area contributed by atoms with E-state index in [9.17, 15) is 58.5 Å². The maximum absolute atomic E-state index is 13.9. The number of hydrogen-bond acceptors (Lipinski definition) is 32. The molecule has 3 aliphatic heterocycles. The number of aliphatic carboxylic acids is 1. The highest BCUT2D eigenvalue weighted by Gasteiger charge is 2.47. The molecule has 0 aliphatic carbocycles. The van der Waals surface area contributed by atoms with Crippen molar-refractivity contribution in [2.45, 2.75) is 209 Å². The highest BCUT2D eigenvalue weighted by molar-refractivity contribution is 7.14. The highest BCUT2D eigenvalue weighted by atomic mass is 32.1. The molecule has 3 aromatic heterocycles. The number of aliphatic hydroxyl groups is 3. The van der Waals surface area contributed by atoms with Crippen molar-refractivity contribution >= 4 is 86.6 Å². The maximum atomic E-state index is 13.9. The van der Waals surface area contributed by atoms with Crippen LogP contribution in [0, 0.1) is 48.9 Å². The first kappa shape index (κ1) is 119. The van der Waals surface area contributed by atoms with Crippen molar-refractivity contribution < 1.29 is 111 Å². The van der Waals surface area contributed by atoms with Crippen LogP contribution in [0.4, 0.5) is 0 Å². The Kier molecular flexibility index (Phi) is 54.3. The lowest BCUT2D eigenvalue weighted by Crippen LogP contribution is -2.53. The smallest absolute Gasteiger partial charge is 0.309 e. The van der Waals surface area contributed by atoms with E-state index in [1.165, 1.54) is 14.7 Å². The number of nitrogens with zero attached hydrogens (tertiary/aromatic N) is 12. The van der Waals surface area contributed by atoms with Gasteiger partial charge < -0.3 is 94.0 Å². The number of amides is 3. The number of Topliss-reactive ketones (excluding diaryl/α,β-unsaturated/α-hetero) is 5. The van der Waals surface area contributed by atoms with Gasteiger partial charge in [-0.2, -0.15) is 0 Å². The molecular formula is C99H146N14O23S3. The third-order valence-electron chi connectivity index (χ3n) is 23.4. The second-order valence-corrected chi connectivity index (χ2v) is 39.9. The largest absolute Gasteiger partial charge is 0.481 e. The number of benzene rings is 3. The molecule has 3 fully saturated rings. The standard InChI is InChI=1S/C37H55N5O9S.C37H57N3O9S.C23H31N3O3S.C2H3N3O2/c1-27-35(52-26-39-27)29-8-5-28(6-9-29)7-10-34(45)33-24-31(44)25-42(33)36(46)32(37(2,3)4)23-30(43)11-13-47-15-17-49-19-21-51-22-20-50-18-16-48-14-12-40-41-38;1-27-35(50-26-39-27)29-8-5-28(6-9-29)7-10-34(43)33-24-31(42)25-40(33)36(44)32(37(2,3)4)23-30(41)11-13-45-15-17-47-19-21-49-22-20-48-18-16-46-14-12-38;1-14-20(30-13-25-14)16-8-5-15(6-9-16)7-10-19(28)18-11-17(27)12-26(18)22(29)21(24)23(2,3)4;3-5-4-1-2(6)7/h5-6,8-9,26,31-33,44H,7,10-25H2,1-4H3;5-6,8-9,26,31-33,42H,7,10-25,38H2,1-4H3;5-6,8-9,13,17-18,21,27H,7,10-12,24H2,1-4H3;1H2,(H,6,7)/t2*31-,32-,33+;17-,18+,21-;/m111./s1. The van der Waals surface area contributed by atoms with E-state index in [1.807, 2.05) is 160 Å². The number of carbonyl (C=O) groups is 9. The van der Waals surface area contributed by atoms with Gasteiger partial charge in [0.1, 0.15) is 18.1 Å². The third-order valence-corrected chi connectivity index (χ3v) is 26.3. The van der Waals surface area contributed by atoms with Crippen molar-refractivity contribution in [2.75, 3.05) is 171 Å². The van der Waals surface area contributed by atoms with Crippen molar-refractivity contribution in [1.82, 2.24) is 29.7 Å². The van der Waals surface area contributed by atoms with E-state index in [0.717, 1.165) is 65.1 Å². The van der Waals surface area contributed by atoms with E-state index >= 15 is 0 Å². The zero-order valence-electron chi connectivity index (χ0n) is 82.7. The van der Waals surface area contributed by atoms with Gasteiger partial charge in [0, 0.05) is 119 Å². The van der Waals surface area contributed by atoms with E-state index in [1.54, 1.807) is 34.0 Å². The van der Waals surface area contributed by atoms with E-state index < -0.39 is 83.1 Å². The molecule has 768 valence electrons. The van der Waals surface area contributed by atoms with Crippen molar-refractivity contribution in [3.63, 3.8) is 0 Å². The monoisotopic (exact) mass is 1990 g/mol. The normalized spacial score (nSPS) is 17.0. The van der Waals surface area contributed by atoms with Crippen LogP contribution in [0.25, 0.3) is 52.2 Å². The molecule has 6 heterocycles. The van der Waals surface area contributed by atoms with Crippen LogP contribution in [-0.2, 0) is 110 Å². The zero-order chi connectivity index (χ0) is 102. The Morgan fingerprint density at radius 2 is 0.683 bits per heavy atom. The molecule has 6 aromatic rings. The second kappa shape index (κ2) is 63.6. The van der Waals surface area contributed by atoms with Gasteiger partial charge in [-0.1, -0.05) is 145 Å². The van der Waals surface area contributed by atoms with E-state index in [0.29, 0.717) is 158 Å². The molecule has 3 saturated heterocycles. The zero-order valence-corrected chi connectivity index (χ0v) is 85.2. The number of rotatable bonds is 59. The van der Waals surface area contributed by atoms with E-state index in [-0.39, 0.29) is 137 Å². The average molecular weight is 2000 g/mol. The summed E-state index contributed by atoms with van der Waals surface area (Å²) < 4.78 is 54.3. The topological polar surface area (TPSA) is 525 Å². The number of azide groups is 2. The fourth-order valence-corrected chi connectivity index (χ4v) is 17.8. The molecule has 40 heteroatoms. The Morgan fingerprint density at radius 1 is 0.410 bits per heavy atom. The van der Waals surface area contributed by atoms with Crippen molar-refractivity contribution in [3.05, 3.63) is 144 Å². The lowest BCUT2D eigenvalue weighted by atomic mass is 9.76. The van der Waals surface area contributed by atoms with Gasteiger partial charge in [0.05, 0.1) is 223 Å². The van der Waals surface area contributed by atoms with Gasteiger partial charge in [-0.3, -0.25) is 43.2 Å². The predicted octanol–water partition coefficient (Wildman–Crippen LogP) is 12.0. The maximum Gasteiger partial charge on any atom is 0.309 e. The minimum atomic E-state index is -1.11. The number of carboxylic acids is 1. The summed E-state index contributed by atoms with van der Waals surface area (Å²) in [7, 11) is 0. The van der Waals surface area contributed by atoms with Crippen LogP contribution in [0.2, 0.25) is 0 Å². The second-order valence-electron chi connectivity index (χ2n) is 37.3. The first-order valence-electron chi connectivity index (χ1n) is 47.4. The Labute approximate surface area is 828 Å². The number of β-amino-alcohol motifs (C(OH)–C–C–N with tert-alkyl or cyclic N) is 3. The molecule has 0 spiro atoms. The number of ether oxygens (including phenoxy) is 10. The number of likely N-dealkylation sites (tertiary alicyclic amines) is 3. The molecule has 3 aliphatic rings. The van der Waals surface area contributed by atoms with Crippen LogP contribution >= 0.6 is 34.0 Å². The summed E-state index contributed by atoms with van der Waals surface area (Å²) in [6, 6.07) is 21.7. The van der Waals surface area contributed by atoms with Gasteiger partial charge >= 0.3 is 5.97 Å². The number of nitrogens with two attached hydrogens (primary N) is 2. The summed E-state index contributed by atoms with van der Waals surface area (Å²) >= 11 is 4.81. The molecule has 0 bridgehead atoms. The molecule has 37 nitrogen and oxygen atoms in total. The van der Waals surface area contributed by atoms with Crippen molar-refractivity contribution in [2.24, 2.45) is 49.8 Å². The van der Waals surface area contributed by atoms with Crippen LogP contribution < -0.4 is 11.5 Å². The fourth-order valence-electron chi connectivity index (χ4n) is 15.4. The molecule has 0 radical (unpaired) electrons. The molecular weight excluding hydrogens is 1850 g/mol. The Bertz CT molecular complexity index is 4800. The highest BCUT2D eigenvalue weighted by Crippen LogP contribution is 2.38. The number of carbonyl (C=O) groups excluding carboxylic acids is 8. The number of hydrogen-bond donors (Lipinski definition) is 6. The minimum absolute atomic E-state index is 0.0246. The molecule has 3 aromatic carbocycles. The van der Waals surface area contributed by atoms with E-state index in [4.69, 9.17) is 75.0 Å². The summed E-state index contributed by atoms with van der Waals surface area (Å²) in [6.45, 7) is 31.9. The number of thiazole rings is 3. The van der Waals surface area contributed by atoms with Gasteiger partial charge in [0.15, 0.2) is 17.3 Å². The number of aryl methyl sites for hydroxylation is 6. The van der Waals surface area contributed by atoms with Crippen LogP contribution in [0.3, 0.4) is 0 Å². The summed E-state index contributed by atoms with van der Waals surface area (Å²) in [5, 5.41) is 45.0. The number of aliphatic hydroxyl groups excluding tert-OH is 3. The molecule has 9 atom stereocenters. The number of aromatic nitrogens is 3. The van der Waals surface area contributed by atoms with Gasteiger partial charge in [-0.05, 0) is 101 Å². The summed E-state index contributed by atoms with van der Waals surface area (Å²) in [4.78, 5) is 142. The first-order valence-corrected chi connectivity index (χ1v) is 50.0. The summed E-state index contributed by atoms with van der Waals surface area (Å²) in [5.74, 6) is -3.53. The van der Waals surface area contributed by atoms with Gasteiger partial charge in [-0.15, -0.1) is 34.0 Å². The Balaban J connectivity index is 0.000000318. The van der Waals surface area contributed by atoms with Crippen LogP contribution in [0.15, 0.2) is 99.6 Å². The summed E-state index contributed by atoms with van der Waals surface area (Å²) in [6.07, 6.45) is 1.37. The summed E-state index contributed by atoms with van der Waals surface area (Å²) in [5.41, 5.74) is 40.6. The first-order chi connectivity index (χ1) is 66.4. The van der Waals surface area contributed by atoms with Crippen molar-refractivity contribution in [1.29, 1.82) is 0 Å². The predicted molar refractivity (Wildman–Crippen MR) is 530 cm³/mol. The number of carboxylic acid groups (broad SMARTS) is 1. The van der Waals surface area contributed by atoms with Crippen LogP contribution in [0.5, 0.6) is 0 Å². The molecule has 139 heavy (non-hydrogen) atoms. The lowest BCUT2D eigenvalue weighted by molar-refractivity contribution is -0.146. The van der Waals surface area contributed by atoms with Gasteiger partial charge in [0.25, 0.3) is 0 Å². The van der Waals surface area contributed by atoms with Crippen LogP contribution in [-0.4, -0.2) is 317 Å². The lowest BCUT2D eigenvalue weighted by Gasteiger charge is -2.34. The number of ketones is 5. The molecule has 3 amide bonds. The van der Waals surface area contributed by atoms with E-state index in [2.05, 4.69) is 47.1 Å². The Hall–Kier alpha value is -9.20.